The van der Waals surface area contributed by atoms with E-state index >= 15 is 0 Å². The fraction of sp³-hybridized carbons (Fsp3) is 0.350. The zero-order valence-corrected chi connectivity index (χ0v) is 26.5. The van der Waals surface area contributed by atoms with Gasteiger partial charge in [0.05, 0.1) is 13.2 Å². The lowest BCUT2D eigenvalue weighted by Crippen LogP contribution is -2.16. The maximum Gasteiger partial charge on any atom is 0.127 e. The van der Waals surface area contributed by atoms with Gasteiger partial charge in [-0.25, -0.2) is 0 Å². The summed E-state index contributed by atoms with van der Waals surface area (Å²) in [4.78, 5) is 0. The van der Waals surface area contributed by atoms with Gasteiger partial charge in [0.25, 0.3) is 0 Å². The van der Waals surface area contributed by atoms with E-state index in [4.69, 9.17) is 9.47 Å². The number of rotatable bonds is 15. The van der Waals surface area contributed by atoms with E-state index in [0.717, 1.165) is 68.7 Å². The molecule has 0 amide bonds. The monoisotopic (exact) mass is 573 g/mol. The zero-order valence-electron chi connectivity index (χ0n) is 26.5. The number of allylic oxidation sites excluding steroid dienone is 4. The number of ether oxygens (including phenoxy) is 2. The minimum Gasteiger partial charge on any atom is -0.493 e. The summed E-state index contributed by atoms with van der Waals surface area (Å²) in [5.41, 5.74) is 3.93. The van der Waals surface area contributed by atoms with Crippen molar-refractivity contribution in [3.63, 3.8) is 0 Å². The van der Waals surface area contributed by atoms with E-state index in [1.54, 1.807) is 0 Å². The van der Waals surface area contributed by atoms with Crippen molar-refractivity contribution in [2.24, 2.45) is 0 Å². The number of hydrogen-bond donors (Lipinski definition) is 0. The lowest BCUT2D eigenvalue weighted by atomic mass is 10.00. The first-order chi connectivity index (χ1) is 21.2. The zero-order chi connectivity index (χ0) is 30.0. The molecule has 3 nitrogen and oxygen atoms in total. The molecule has 0 aliphatic rings. The summed E-state index contributed by atoms with van der Waals surface area (Å²) in [6, 6.07) is 21.9. The number of benzene rings is 4. The van der Waals surface area contributed by atoms with Gasteiger partial charge in [-0.05, 0) is 73.4 Å². The number of aryl methyl sites for hydroxylation is 2. The molecule has 0 fully saturated rings. The molecule has 0 saturated heterocycles. The normalized spacial score (nSPS) is 12.6. The predicted octanol–water partition coefficient (Wildman–Crippen LogP) is 10.3. The van der Waals surface area contributed by atoms with Crippen LogP contribution in [-0.4, -0.2) is 17.8 Å². The van der Waals surface area contributed by atoms with E-state index in [1.807, 2.05) is 0 Å². The van der Waals surface area contributed by atoms with Crippen molar-refractivity contribution in [3.8, 4) is 11.5 Å². The highest BCUT2D eigenvalue weighted by Crippen LogP contribution is 2.36. The molecule has 0 aliphatic carbocycles. The van der Waals surface area contributed by atoms with Gasteiger partial charge in [-0.15, -0.1) is 0 Å². The second-order valence-electron chi connectivity index (χ2n) is 11.5. The van der Waals surface area contributed by atoms with Crippen molar-refractivity contribution in [1.82, 2.24) is 4.57 Å². The second-order valence-corrected chi connectivity index (χ2v) is 11.5. The van der Waals surface area contributed by atoms with Crippen molar-refractivity contribution in [3.05, 3.63) is 101 Å². The van der Waals surface area contributed by atoms with Crippen molar-refractivity contribution in [2.45, 2.75) is 79.2 Å². The standard InChI is InChI=1S/C40H47NO2/c1-5-8-27-41-35(33-20-16-19-32-30(4)23-24-36(41)40(32)33)22-14-12-11-13-17-31-18-15-21-34-37(42-28-9-6-2)25-26-38(39(31)34)43-29-10-7-3/h11-16,18-26H,5-10,17,27-29H2,1-4H3/b13-11+,14-12+,35-22+. The number of fused-ring (bicyclic) bond motifs is 1. The van der Waals surface area contributed by atoms with Gasteiger partial charge < -0.3 is 14.0 Å². The summed E-state index contributed by atoms with van der Waals surface area (Å²) < 4.78 is 15.0. The van der Waals surface area contributed by atoms with Gasteiger partial charge in [0.15, 0.2) is 0 Å². The molecule has 3 heteroatoms. The molecule has 1 heterocycles. The number of aromatic nitrogens is 1. The molecule has 1 aromatic heterocycles. The quantitative estimate of drug-likeness (QED) is 0.0919. The van der Waals surface area contributed by atoms with Crippen molar-refractivity contribution in [2.75, 3.05) is 13.2 Å². The average molecular weight is 574 g/mol. The van der Waals surface area contributed by atoms with E-state index in [2.05, 4.69) is 123 Å². The molecule has 0 saturated carbocycles. The molecule has 224 valence electrons. The predicted molar refractivity (Wildman–Crippen MR) is 186 cm³/mol. The molecule has 0 spiro atoms. The topological polar surface area (TPSA) is 23.4 Å². The highest BCUT2D eigenvalue weighted by molar-refractivity contribution is 6.11. The van der Waals surface area contributed by atoms with Crippen LogP contribution in [0.15, 0.2) is 85.0 Å². The number of nitrogens with zero attached hydrogens (tertiary/aromatic N) is 1. The van der Waals surface area contributed by atoms with Gasteiger partial charge in [0.2, 0.25) is 0 Å². The Morgan fingerprint density at radius 2 is 1.35 bits per heavy atom. The van der Waals surface area contributed by atoms with E-state index < -0.39 is 0 Å². The van der Waals surface area contributed by atoms with Crippen molar-refractivity contribution < 1.29 is 9.47 Å². The van der Waals surface area contributed by atoms with Crippen molar-refractivity contribution in [1.29, 1.82) is 0 Å². The molecule has 5 rings (SSSR count). The van der Waals surface area contributed by atoms with Gasteiger partial charge >= 0.3 is 0 Å². The van der Waals surface area contributed by atoms with E-state index in [9.17, 15) is 0 Å². The summed E-state index contributed by atoms with van der Waals surface area (Å²) in [7, 11) is 0. The van der Waals surface area contributed by atoms with Crippen LogP contribution in [0.1, 0.15) is 70.4 Å². The Bertz CT molecular complexity index is 1770. The molecule has 43 heavy (non-hydrogen) atoms. The minimum absolute atomic E-state index is 0.732. The molecule has 0 bridgehead atoms. The Balaban J connectivity index is 1.42. The Morgan fingerprint density at radius 3 is 2.14 bits per heavy atom. The Hall–Kier alpha value is -3.98. The Labute approximate surface area is 257 Å². The van der Waals surface area contributed by atoms with E-state index in [0.29, 0.717) is 0 Å². The average Bonchev–Trinajstić information content (AvgIpc) is 3.33. The molecular formula is C40H47NO2. The molecule has 0 N–H and O–H groups in total. The first-order valence-electron chi connectivity index (χ1n) is 16.3. The summed E-state index contributed by atoms with van der Waals surface area (Å²) in [5.74, 6) is 1.90. The highest BCUT2D eigenvalue weighted by Gasteiger charge is 2.13. The molecule has 0 atom stereocenters. The third-order valence-corrected chi connectivity index (χ3v) is 8.34. The lowest BCUT2D eigenvalue weighted by Gasteiger charge is -2.16. The molecule has 0 unspecified atom stereocenters. The van der Waals surface area contributed by atoms with Crippen LogP contribution in [0, 0.1) is 6.92 Å². The van der Waals surface area contributed by atoms with Crippen LogP contribution in [0.5, 0.6) is 11.5 Å². The van der Waals surface area contributed by atoms with Gasteiger partial charge in [-0.1, -0.05) is 107 Å². The van der Waals surface area contributed by atoms with Gasteiger partial charge in [-0.3, -0.25) is 0 Å². The molecule has 4 aromatic carbocycles. The van der Waals surface area contributed by atoms with Gasteiger partial charge in [0, 0.05) is 39.0 Å². The van der Waals surface area contributed by atoms with Crippen LogP contribution in [0.3, 0.4) is 0 Å². The number of unbranched alkanes of at least 4 members (excludes halogenated alkanes) is 3. The summed E-state index contributed by atoms with van der Waals surface area (Å²) in [5, 5.41) is 7.68. The summed E-state index contributed by atoms with van der Waals surface area (Å²) in [6.45, 7) is 11.4. The first-order valence-corrected chi connectivity index (χ1v) is 16.3. The maximum atomic E-state index is 6.27. The smallest absolute Gasteiger partial charge is 0.127 e. The molecule has 0 radical (unpaired) electrons. The summed E-state index contributed by atoms with van der Waals surface area (Å²) >= 11 is 0. The Kier molecular flexibility index (Phi) is 10.6. The van der Waals surface area contributed by atoms with E-state index in [1.165, 1.54) is 56.4 Å². The number of hydrogen-bond acceptors (Lipinski definition) is 2. The Morgan fingerprint density at radius 1 is 0.651 bits per heavy atom. The molecule has 5 aromatic rings. The third-order valence-electron chi connectivity index (χ3n) is 8.34. The molecule has 0 aliphatic heterocycles. The second kappa shape index (κ2) is 15.0. The van der Waals surface area contributed by atoms with Gasteiger partial charge in [0.1, 0.15) is 11.5 Å². The van der Waals surface area contributed by atoms with Crippen LogP contribution in [0.4, 0.5) is 0 Å². The highest BCUT2D eigenvalue weighted by atomic mass is 16.5. The maximum absolute atomic E-state index is 6.27. The van der Waals surface area contributed by atoms with Crippen LogP contribution in [-0.2, 0) is 13.0 Å². The van der Waals surface area contributed by atoms with E-state index in [-0.39, 0.29) is 0 Å². The first kappa shape index (κ1) is 30.5. The third kappa shape index (κ3) is 6.82. The van der Waals surface area contributed by atoms with Crippen LogP contribution < -0.4 is 14.8 Å². The van der Waals surface area contributed by atoms with Gasteiger partial charge in [-0.2, -0.15) is 0 Å². The van der Waals surface area contributed by atoms with Crippen LogP contribution in [0.25, 0.3) is 38.5 Å². The van der Waals surface area contributed by atoms with Crippen molar-refractivity contribution >= 4 is 38.5 Å². The molecular weight excluding hydrogens is 526 g/mol. The fourth-order valence-corrected chi connectivity index (χ4v) is 5.96. The summed E-state index contributed by atoms with van der Waals surface area (Å²) in [6.07, 6.45) is 18.5. The largest absolute Gasteiger partial charge is 0.493 e. The SMILES string of the molecule is CCCCOc1ccc(OCCCC)c2c(C/C=C/C=C/C=c3\c4cccc5c(C)ccc(c54)n3CCCC)cccc12. The minimum atomic E-state index is 0.732. The fourth-order valence-electron chi connectivity index (χ4n) is 5.96. The van der Waals surface area contributed by atoms with Crippen LogP contribution in [0.2, 0.25) is 0 Å². The van der Waals surface area contributed by atoms with Crippen LogP contribution >= 0.6 is 0 Å². The lowest BCUT2D eigenvalue weighted by molar-refractivity contribution is 0.306.